The minimum atomic E-state index is -0.304. The molecule has 0 amide bonds. The molecule has 0 aromatic carbocycles. The number of hydrogen-bond donors (Lipinski definition) is 2. The second-order valence-electron chi connectivity index (χ2n) is 0.965. The molecule has 2 nitrogen and oxygen atoms in total. The van der Waals surface area contributed by atoms with E-state index in [4.69, 9.17) is 5.11 Å². The largest absolute Gasteiger partial charge is 0.380 e. The summed E-state index contributed by atoms with van der Waals surface area (Å²) >= 11 is 0. The van der Waals surface area contributed by atoms with Gasteiger partial charge in [0.1, 0.15) is 0 Å². The molecule has 2 N–H and O–H groups in total. The molecule has 0 aliphatic rings. The summed E-state index contributed by atoms with van der Waals surface area (Å²) in [4.78, 5) is 2.72. The van der Waals surface area contributed by atoms with E-state index < -0.39 is 0 Å². The van der Waals surface area contributed by atoms with Gasteiger partial charge in [-0.05, 0) is 6.92 Å². The van der Waals surface area contributed by atoms with Gasteiger partial charge in [0.15, 0.2) is 0 Å². The predicted octanol–water partition coefficient (Wildman–Crippen LogP) is -1.81. The van der Waals surface area contributed by atoms with Gasteiger partial charge in [-0.2, -0.15) is 0 Å². The highest BCUT2D eigenvalue weighted by atomic mass is 28.2. The molecule has 32 valence electrons. The first-order valence-corrected chi connectivity index (χ1v) is 2.62. The molecule has 0 saturated carbocycles. The zero-order valence-corrected chi connectivity index (χ0v) is 5.52. The standard InChI is InChI=1S/C2H9NOSi/c1-2(4)3-5/h2-4H,1,5H3. The first kappa shape index (κ1) is 5.14. The van der Waals surface area contributed by atoms with E-state index in [1.54, 1.807) is 6.92 Å². The molecule has 0 rings (SSSR count). The Morgan fingerprint density at radius 3 is 2.20 bits per heavy atom. The van der Waals surface area contributed by atoms with Gasteiger partial charge in [0.25, 0.3) is 0 Å². The van der Waals surface area contributed by atoms with Crippen LogP contribution in [0.25, 0.3) is 0 Å². The fourth-order valence-corrected chi connectivity index (χ4v) is 0. The molecular weight excluding hydrogens is 82.1 g/mol. The third-order valence-electron chi connectivity index (χ3n) is 0.418. The van der Waals surface area contributed by atoms with Crippen molar-refractivity contribution in [3.8, 4) is 0 Å². The van der Waals surface area contributed by atoms with Crippen LogP contribution in [0.15, 0.2) is 0 Å². The molecule has 0 saturated heterocycles. The molecule has 0 aromatic heterocycles. The zero-order chi connectivity index (χ0) is 4.28. The van der Waals surface area contributed by atoms with Crippen LogP contribution in [0.2, 0.25) is 0 Å². The van der Waals surface area contributed by atoms with Crippen LogP contribution in [0.1, 0.15) is 6.92 Å². The van der Waals surface area contributed by atoms with Crippen molar-refractivity contribution in [2.45, 2.75) is 13.2 Å². The lowest BCUT2D eigenvalue weighted by Crippen LogP contribution is -2.21. The van der Waals surface area contributed by atoms with E-state index in [9.17, 15) is 0 Å². The summed E-state index contributed by atoms with van der Waals surface area (Å²) in [6.07, 6.45) is -0.304. The Morgan fingerprint density at radius 2 is 2.20 bits per heavy atom. The molecule has 5 heavy (non-hydrogen) atoms. The fourth-order valence-electron chi connectivity index (χ4n) is 0. The second-order valence-corrected chi connectivity index (χ2v) is 1.54. The molecule has 0 radical (unpaired) electrons. The monoisotopic (exact) mass is 91.0 g/mol. The van der Waals surface area contributed by atoms with Crippen LogP contribution < -0.4 is 4.98 Å². The smallest absolute Gasteiger partial charge is 0.0951 e. The van der Waals surface area contributed by atoms with Gasteiger partial charge < -0.3 is 10.1 Å². The maximum Gasteiger partial charge on any atom is 0.0951 e. The normalized spacial score (nSPS) is 15.6. The van der Waals surface area contributed by atoms with Crippen LogP contribution in [0, 0.1) is 0 Å². The number of hydrogen-bond acceptors (Lipinski definition) is 2. The average molecular weight is 91.2 g/mol. The first-order valence-electron chi connectivity index (χ1n) is 1.62. The van der Waals surface area contributed by atoms with Crippen molar-refractivity contribution in [3.63, 3.8) is 0 Å². The number of nitrogens with one attached hydrogen (secondary N) is 1. The van der Waals surface area contributed by atoms with Crippen LogP contribution in [0.4, 0.5) is 0 Å². The van der Waals surface area contributed by atoms with Crippen LogP contribution in [-0.2, 0) is 0 Å². The lowest BCUT2D eigenvalue weighted by atomic mass is 10.7. The lowest BCUT2D eigenvalue weighted by Gasteiger charge is -1.95. The summed E-state index contributed by atoms with van der Waals surface area (Å²) in [5.41, 5.74) is 0. The van der Waals surface area contributed by atoms with E-state index in [0.717, 1.165) is 10.4 Å². The van der Waals surface area contributed by atoms with Crippen molar-refractivity contribution in [3.05, 3.63) is 0 Å². The molecular formula is C2H9NOSi. The Morgan fingerprint density at radius 1 is 2.00 bits per heavy atom. The first-order chi connectivity index (χ1) is 2.27. The second kappa shape index (κ2) is 2.38. The highest BCUT2D eigenvalue weighted by Gasteiger charge is 1.78. The summed E-state index contributed by atoms with van der Waals surface area (Å²) in [5, 5.41) is 8.28. The maximum atomic E-state index is 8.28. The number of aliphatic hydroxyl groups excluding tert-OH is 1. The Hall–Kier alpha value is 0.137. The van der Waals surface area contributed by atoms with Gasteiger partial charge in [-0.15, -0.1) is 0 Å². The van der Waals surface area contributed by atoms with Gasteiger partial charge in [-0.3, -0.25) is 0 Å². The van der Waals surface area contributed by atoms with Crippen molar-refractivity contribution in [1.29, 1.82) is 0 Å². The Labute approximate surface area is 34.7 Å². The summed E-state index contributed by atoms with van der Waals surface area (Å²) in [7, 11) is 0.873. The third-order valence-corrected chi connectivity index (χ3v) is 1.25. The van der Waals surface area contributed by atoms with Gasteiger partial charge in [-0.25, -0.2) is 0 Å². The summed E-state index contributed by atoms with van der Waals surface area (Å²) < 4.78 is 0. The zero-order valence-electron chi connectivity index (χ0n) is 3.52. The fraction of sp³-hybridized carbons (Fsp3) is 1.00. The van der Waals surface area contributed by atoms with E-state index in [-0.39, 0.29) is 6.23 Å². The maximum absolute atomic E-state index is 8.28. The van der Waals surface area contributed by atoms with Crippen molar-refractivity contribution in [2.75, 3.05) is 0 Å². The predicted molar refractivity (Wildman–Crippen MR) is 24.8 cm³/mol. The molecule has 0 spiro atoms. The molecule has 0 aliphatic carbocycles. The molecule has 3 heteroatoms. The van der Waals surface area contributed by atoms with E-state index in [2.05, 4.69) is 4.98 Å². The van der Waals surface area contributed by atoms with Crippen LogP contribution in [0.3, 0.4) is 0 Å². The van der Waals surface area contributed by atoms with E-state index in [1.165, 1.54) is 0 Å². The minimum Gasteiger partial charge on any atom is -0.380 e. The number of rotatable bonds is 1. The van der Waals surface area contributed by atoms with Crippen molar-refractivity contribution >= 4 is 10.4 Å². The van der Waals surface area contributed by atoms with Crippen molar-refractivity contribution in [1.82, 2.24) is 4.98 Å². The average Bonchev–Trinajstić information content (AvgIpc) is 1.38. The molecule has 1 atom stereocenters. The molecule has 0 fully saturated rings. The lowest BCUT2D eigenvalue weighted by molar-refractivity contribution is 0.185. The summed E-state index contributed by atoms with van der Waals surface area (Å²) in [6, 6.07) is 0. The molecule has 0 heterocycles. The highest BCUT2D eigenvalue weighted by Crippen LogP contribution is 1.59. The van der Waals surface area contributed by atoms with Gasteiger partial charge >= 0.3 is 0 Å². The van der Waals surface area contributed by atoms with E-state index >= 15 is 0 Å². The van der Waals surface area contributed by atoms with E-state index in [1.807, 2.05) is 0 Å². The van der Waals surface area contributed by atoms with Gasteiger partial charge in [0.05, 0.1) is 16.6 Å². The molecule has 0 bridgehead atoms. The third kappa shape index (κ3) is 4.14. The number of aliphatic hydroxyl groups is 1. The highest BCUT2D eigenvalue weighted by molar-refractivity contribution is 6.04. The Kier molecular flexibility index (Phi) is 2.44. The molecule has 0 aromatic rings. The topological polar surface area (TPSA) is 32.3 Å². The summed E-state index contributed by atoms with van der Waals surface area (Å²) in [6.45, 7) is 1.70. The van der Waals surface area contributed by atoms with Crippen LogP contribution in [-0.4, -0.2) is 21.7 Å². The van der Waals surface area contributed by atoms with E-state index in [0.29, 0.717) is 0 Å². The van der Waals surface area contributed by atoms with Gasteiger partial charge in [0, 0.05) is 0 Å². The molecule has 1 unspecified atom stereocenters. The Balaban J connectivity index is 2.54. The van der Waals surface area contributed by atoms with Gasteiger partial charge in [0.2, 0.25) is 0 Å². The Bertz CT molecular complexity index is 23.6. The van der Waals surface area contributed by atoms with Gasteiger partial charge in [-0.1, -0.05) is 0 Å². The molecule has 0 aliphatic heterocycles. The summed E-state index contributed by atoms with van der Waals surface area (Å²) in [5.74, 6) is 0. The van der Waals surface area contributed by atoms with Crippen LogP contribution >= 0.6 is 0 Å². The SMILES string of the molecule is CC(O)N[SiH3]. The van der Waals surface area contributed by atoms with Crippen molar-refractivity contribution in [2.24, 2.45) is 0 Å². The minimum absolute atomic E-state index is 0.304. The quantitative estimate of drug-likeness (QED) is 0.295. The van der Waals surface area contributed by atoms with Crippen molar-refractivity contribution < 1.29 is 5.11 Å². The van der Waals surface area contributed by atoms with Crippen LogP contribution in [0.5, 0.6) is 0 Å².